The van der Waals surface area contributed by atoms with E-state index in [1.807, 2.05) is 31.3 Å². The van der Waals surface area contributed by atoms with E-state index < -0.39 is 12.0 Å². The molecule has 1 heterocycles. The van der Waals surface area contributed by atoms with Crippen molar-refractivity contribution in [2.45, 2.75) is 19.4 Å². The van der Waals surface area contributed by atoms with E-state index in [0.29, 0.717) is 6.42 Å². The predicted octanol–water partition coefficient (Wildman–Crippen LogP) is 1.43. The minimum Gasteiger partial charge on any atom is -0.480 e. The number of aromatic nitrogens is 1. The number of benzene rings is 1. The number of carboxylic acids is 1. The first-order valence-electron chi connectivity index (χ1n) is 5.13. The molecule has 16 heavy (non-hydrogen) atoms. The van der Waals surface area contributed by atoms with E-state index in [1.165, 1.54) is 0 Å². The lowest BCUT2D eigenvalue weighted by molar-refractivity contribution is -0.138. The Morgan fingerprint density at radius 1 is 1.50 bits per heavy atom. The number of aryl methyl sites for hydroxylation is 1. The molecule has 2 rings (SSSR count). The van der Waals surface area contributed by atoms with E-state index >= 15 is 0 Å². The highest BCUT2D eigenvalue weighted by Crippen LogP contribution is 2.22. The number of hydrogen-bond acceptors (Lipinski definition) is 2. The van der Waals surface area contributed by atoms with Gasteiger partial charge in [-0.3, -0.25) is 4.79 Å². The highest BCUT2D eigenvalue weighted by Gasteiger charge is 2.14. The van der Waals surface area contributed by atoms with Crippen LogP contribution >= 0.6 is 0 Å². The molecule has 0 radical (unpaired) electrons. The second-order valence-electron chi connectivity index (χ2n) is 3.96. The van der Waals surface area contributed by atoms with Gasteiger partial charge >= 0.3 is 5.97 Å². The van der Waals surface area contributed by atoms with Crippen molar-refractivity contribution < 1.29 is 9.90 Å². The number of hydrogen-bond donors (Lipinski definition) is 3. The van der Waals surface area contributed by atoms with Crippen LogP contribution in [0.3, 0.4) is 0 Å². The monoisotopic (exact) mass is 218 g/mol. The average Bonchev–Trinajstić information content (AvgIpc) is 2.71. The normalized spacial score (nSPS) is 12.9. The minimum atomic E-state index is -0.968. The van der Waals surface area contributed by atoms with E-state index in [0.717, 1.165) is 22.0 Å². The van der Waals surface area contributed by atoms with Gasteiger partial charge in [-0.15, -0.1) is 0 Å². The molecule has 4 heteroatoms. The highest BCUT2D eigenvalue weighted by molar-refractivity contribution is 5.86. The topological polar surface area (TPSA) is 79.1 Å². The summed E-state index contributed by atoms with van der Waals surface area (Å²) >= 11 is 0. The molecule has 0 aliphatic carbocycles. The summed E-state index contributed by atoms with van der Waals surface area (Å²) in [6.07, 6.45) is 2.21. The Hall–Kier alpha value is -1.81. The third-order valence-corrected chi connectivity index (χ3v) is 2.78. The minimum absolute atomic E-state index is 0.351. The van der Waals surface area contributed by atoms with Crippen LogP contribution in [-0.4, -0.2) is 22.1 Å². The maximum absolute atomic E-state index is 10.7. The Kier molecular flexibility index (Phi) is 2.66. The number of carboxylic acid groups (broad SMARTS) is 1. The zero-order chi connectivity index (χ0) is 11.7. The van der Waals surface area contributed by atoms with Gasteiger partial charge in [0.1, 0.15) is 6.04 Å². The Morgan fingerprint density at radius 2 is 2.25 bits per heavy atom. The van der Waals surface area contributed by atoms with Crippen LogP contribution in [0.25, 0.3) is 10.9 Å². The summed E-state index contributed by atoms with van der Waals surface area (Å²) in [5.74, 6) is -0.968. The van der Waals surface area contributed by atoms with Crippen LogP contribution in [0.15, 0.2) is 24.4 Å². The number of fused-ring (bicyclic) bond motifs is 1. The molecular formula is C12H14N2O2. The summed E-state index contributed by atoms with van der Waals surface area (Å²) < 4.78 is 0. The maximum atomic E-state index is 10.7. The van der Waals surface area contributed by atoms with Crippen molar-refractivity contribution in [3.05, 3.63) is 35.5 Å². The van der Waals surface area contributed by atoms with Gasteiger partial charge in [-0.25, -0.2) is 0 Å². The summed E-state index contributed by atoms with van der Waals surface area (Å²) in [5.41, 5.74) is 8.70. The molecule has 0 fully saturated rings. The van der Waals surface area contributed by atoms with Crippen molar-refractivity contribution in [3.8, 4) is 0 Å². The lowest BCUT2D eigenvalue weighted by Crippen LogP contribution is -2.32. The quantitative estimate of drug-likeness (QED) is 0.729. The Bertz CT molecular complexity index is 531. The molecule has 84 valence electrons. The molecule has 2 aromatic rings. The molecule has 4 N–H and O–H groups in total. The summed E-state index contributed by atoms with van der Waals surface area (Å²) in [6.45, 7) is 2.01. The fourth-order valence-corrected chi connectivity index (χ4v) is 1.86. The third-order valence-electron chi connectivity index (χ3n) is 2.78. The van der Waals surface area contributed by atoms with Gasteiger partial charge in [0.05, 0.1) is 0 Å². The van der Waals surface area contributed by atoms with Crippen molar-refractivity contribution >= 4 is 16.9 Å². The van der Waals surface area contributed by atoms with Gasteiger partial charge in [-0.2, -0.15) is 0 Å². The zero-order valence-corrected chi connectivity index (χ0v) is 9.03. The summed E-state index contributed by atoms with van der Waals surface area (Å²) in [5, 5.41) is 9.84. The zero-order valence-electron chi connectivity index (χ0n) is 9.03. The number of aromatic amines is 1. The van der Waals surface area contributed by atoms with Gasteiger partial charge in [0.15, 0.2) is 0 Å². The van der Waals surface area contributed by atoms with Crippen molar-refractivity contribution in [1.29, 1.82) is 0 Å². The highest BCUT2D eigenvalue weighted by atomic mass is 16.4. The molecule has 0 amide bonds. The van der Waals surface area contributed by atoms with Crippen LogP contribution in [0.2, 0.25) is 0 Å². The van der Waals surface area contributed by atoms with E-state index in [9.17, 15) is 4.79 Å². The van der Waals surface area contributed by atoms with E-state index in [-0.39, 0.29) is 0 Å². The van der Waals surface area contributed by atoms with E-state index in [1.54, 1.807) is 0 Å². The van der Waals surface area contributed by atoms with Gasteiger partial charge in [-0.05, 0) is 30.5 Å². The second-order valence-corrected chi connectivity index (χ2v) is 3.96. The fourth-order valence-electron chi connectivity index (χ4n) is 1.86. The number of aliphatic carboxylic acids is 1. The second kappa shape index (κ2) is 3.98. The Morgan fingerprint density at radius 3 is 2.94 bits per heavy atom. The molecule has 0 aliphatic heterocycles. The molecule has 4 nitrogen and oxygen atoms in total. The number of H-pyrrole nitrogens is 1. The molecule has 0 bridgehead atoms. The molecule has 1 atom stereocenters. The number of nitrogens with two attached hydrogens (primary N) is 1. The molecule has 1 aromatic heterocycles. The molecule has 0 aliphatic rings. The first-order valence-corrected chi connectivity index (χ1v) is 5.13. The van der Waals surface area contributed by atoms with Crippen LogP contribution in [0.4, 0.5) is 0 Å². The molecule has 0 saturated carbocycles. The Labute approximate surface area is 93.1 Å². The summed E-state index contributed by atoms with van der Waals surface area (Å²) in [4.78, 5) is 13.9. The first-order chi connectivity index (χ1) is 7.59. The average molecular weight is 218 g/mol. The first kappa shape index (κ1) is 10.7. The SMILES string of the molecule is Cc1ccc(CC(N)C(=O)O)c2cc[nH]c12. The number of nitrogens with one attached hydrogen (secondary N) is 1. The summed E-state index contributed by atoms with van der Waals surface area (Å²) in [7, 11) is 0. The number of carbonyl (C=O) groups is 1. The molecule has 1 aromatic carbocycles. The largest absolute Gasteiger partial charge is 0.480 e. The van der Waals surface area contributed by atoms with Gasteiger partial charge in [0.2, 0.25) is 0 Å². The van der Waals surface area contributed by atoms with Gasteiger partial charge in [0.25, 0.3) is 0 Å². The van der Waals surface area contributed by atoms with Crippen LogP contribution in [0.1, 0.15) is 11.1 Å². The van der Waals surface area contributed by atoms with Crippen molar-refractivity contribution in [3.63, 3.8) is 0 Å². The fraction of sp³-hybridized carbons (Fsp3) is 0.250. The molecule has 0 spiro atoms. The standard InChI is InChI=1S/C12H14N2O2/c1-7-2-3-8(6-10(13)12(15)16)9-4-5-14-11(7)9/h2-5,10,14H,6,13H2,1H3,(H,15,16). The smallest absolute Gasteiger partial charge is 0.320 e. The van der Waals surface area contributed by atoms with Crippen molar-refractivity contribution in [2.24, 2.45) is 5.73 Å². The van der Waals surface area contributed by atoms with Gasteiger partial charge < -0.3 is 15.8 Å². The predicted molar refractivity (Wildman–Crippen MR) is 62.4 cm³/mol. The van der Waals surface area contributed by atoms with Gasteiger partial charge in [0, 0.05) is 17.1 Å². The van der Waals surface area contributed by atoms with Gasteiger partial charge in [-0.1, -0.05) is 12.1 Å². The van der Waals surface area contributed by atoms with Crippen LogP contribution < -0.4 is 5.73 Å². The lowest BCUT2D eigenvalue weighted by Gasteiger charge is -2.08. The van der Waals surface area contributed by atoms with E-state index in [4.69, 9.17) is 10.8 Å². The van der Waals surface area contributed by atoms with Crippen molar-refractivity contribution in [2.75, 3.05) is 0 Å². The van der Waals surface area contributed by atoms with E-state index in [2.05, 4.69) is 4.98 Å². The number of rotatable bonds is 3. The lowest BCUT2D eigenvalue weighted by atomic mass is 10.0. The molecule has 1 unspecified atom stereocenters. The van der Waals surface area contributed by atoms with Crippen LogP contribution in [-0.2, 0) is 11.2 Å². The van der Waals surface area contributed by atoms with Crippen molar-refractivity contribution in [1.82, 2.24) is 4.98 Å². The molecular weight excluding hydrogens is 204 g/mol. The maximum Gasteiger partial charge on any atom is 0.320 e. The third kappa shape index (κ3) is 1.79. The molecule has 0 saturated heterocycles. The Balaban J connectivity index is 2.42. The van der Waals surface area contributed by atoms with Crippen LogP contribution in [0.5, 0.6) is 0 Å². The summed E-state index contributed by atoms with van der Waals surface area (Å²) in [6, 6.07) is 5.02. The van der Waals surface area contributed by atoms with Crippen LogP contribution in [0, 0.1) is 6.92 Å².